The molecule has 0 bridgehead atoms. The third-order valence-corrected chi connectivity index (χ3v) is 6.11. The average molecular weight is 435 g/mol. The molecule has 0 aliphatic carbocycles. The second kappa shape index (κ2) is 16.2. The standard InChI is InChI=1S/C26H42O5/c1-2-3-4-5-6-7-8-9-10-11-12-13-14-15-16-22-17-19-24(29-22)25-20-18-23(30-31-25)21-26(27)28/h2,5-8,22-25H,1,3-4,9-21H2,(H,27,28)/b6-5-,8-7-/t22?,23-,24?,25?/m0/s1. The van der Waals surface area contributed by atoms with E-state index in [0.717, 1.165) is 44.9 Å². The van der Waals surface area contributed by atoms with Gasteiger partial charge in [0.15, 0.2) is 0 Å². The molecule has 2 fully saturated rings. The predicted molar refractivity (Wildman–Crippen MR) is 124 cm³/mol. The summed E-state index contributed by atoms with van der Waals surface area (Å²) in [6, 6.07) is 0. The molecule has 0 aromatic carbocycles. The predicted octanol–water partition coefficient (Wildman–Crippen LogP) is 6.69. The number of carbonyl (C=O) groups is 1. The van der Waals surface area contributed by atoms with Gasteiger partial charge in [0, 0.05) is 0 Å². The van der Waals surface area contributed by atoms with Crippen molar-refractivity contribution in [3.63, 3.8) is 0 Å². The summed E-state index contributed by atoms with van der Waals surface area (Å²) in [5, 5.41) is 8.84. The minimum absolute atomic E-state index is 0.00529. The van der Waals surface area contributed by atoms with Crippen LogP contribution in [-0.2, 0) is 19.3 Å². The van der Waals surface area contributed by atoms with Crippen molar-refractivity contribution in [2.24, 2.45) is 0 Å². The second-order valence-electron chi connectivity index (χ2n) is 8.82. The van der Waals surface area contributed by atoms with Crippen LogP contribution in [0.1, 0.15) is 96.3 Å². The fourth-order valence-corrected chi connectivity index (χ4v) is 4.30. The van der Waals surface area contributed by atoms with Crippen LogP contribution >= 0.6 is 0 Å². The van der Waals surface area contributed by atoms with E-state index in [1.54, 1.807) is 0 Å². The first-order valence-corrected chi connectivity index (χ1v) is 12.3. The van der Waals surface area contributed by atoms with Crippen LogP contribution in [0.15, 0.2) is 37.0 Å². The largest absolute Gasteiger partial charge is 0.481 e. The van der Waals surface area contributed by atoms with Crippen LogP contribution < -0.4 is 0 Å². The van der Waals surface area contributed by atoms with Gasteiger partial charge in [0.1, 0.15) is 12.2 Å². The van der Waals surface area contributed by atoms with E-state index in [-0.39, 0.29) is 24.7 Å². The molecule has 0 radical (unpaired) electrons. The van der Waals surface area contributed by atoms with E-state index in [1.807, 2.05) is 6.08 Å². The first-order chi connectivity index (χ1) is 15.2. The summed E-state index contributed by atoms with van der Waals surface area (Å²) >= 11 is 0. The number of unbranched alkanes of at least 4 members (excludes halogenated alkanes) is 7. The Hall–Kier alpha value is -1.43. The van der Waals surface area contributed by atoms with Crippen LogP contribution in [0.4, 0.5) is 0 Å². The summed E-state index contributed by atoms with van der Waals surface area (Å²) in [6.07, 6.45) is 26.6. The van der Waals surface area contributed by atoms with Crippen LogP contribution in [0.3, 0.4) is 0 Å². The zero-order valence-electron chi connectivity index (χ0n) is 19.1. The van der Waals surface area contributed by atoms with E-state index in [2.05, 4.69) is 30.9 Å². The summed E-state index contributed by atoms with van der Waals surface area (Å²) in [5.41, 5.74) is 0. The van der Waals surface area contributed by atoms with Gasteiger partial charge in [-0.05, 0) is 57.8 Å². The number of hydrogen-bond donors (Lipinski definition) is 1. The molecule has 5 heteroatoms. The minimum atomic E-state index is -0.844. The molecule has 0 aromatic heterocycles. The highest BCUT2D eigenvalue weighted by Gasteiger charge is 2.36. The normalized spacial score (nSPS) is 26.7. The topological polar surface area (TPSA) is 65.0 Å². The van der Waals surface area contributed by atoms with Crippen LogP contribution in [0.2, 0.25) is 0 Å². The summed E-state index contributed by atoms with van der Waals surface area (Å²) < 4.78 is 6.19. The number of rotatable bonds is 16. The van der Waals surface area contributed by atoms with Crippen molar-refractivity contribution in [3.05, 3.63) is 37.0 Å². The van der Waals surface area contributed by atoms with Gasteiger partial charge < -0.3 is 9.84 Å². The van der Waals surface area contributed by atoms with Crippen LogP contribution in [0.25, 0.3) is 0 Å². The highest BCUT2D eigenvalue weighted by Crippen LogP contribution is 2.31. The number of carboxylic acid groups (broad SMARTS) is 1. The molecule has 2 saturated heterocycles. The molecule has 3 unspecified atom stereocenters. The lowest BCUT2D eigenvalue weighted by molar-refractivity contribution is -0.385. The maximum Gasteiger partial charge on any atom is 0.306 e. The van der Waals surface area contributed by atoms with Gasteiger partial charge in [-0.25, -0.2) is 9.78 Å². The highest BCUT2D eigenvalue weighted by atomic mass is 17.2. The van der Waals surface area contributed by atoms with Crippen molar-refractivity contribution in [2.75, 3.05) is 0 Å². The van der Waals surface area contributed by atoms with E-state index in [4.69, 9.17) is 19.6 Å². The Kier molecular flexibility index (Phi) is 13.5. The molecule has 0 aromatic rings. The Morgan fingerprint density at radius 3 is 2.19 bits per heavy atom. The third-order valence-electron chi connectivity index (χ3n) is 6.11. The van der Waals surface area contributed by atoms with Gasteiger partial charge >= 0.3 is 5.97 Å². The molecule has 31 heavy (non-hydrogen) atoms. The molecule has 176 valence electrons. The maximum atomic E-state index is 10.8. The van der Waals surface area contributed by atoms with Crippen molar-refractivity contribution < 1.29 is 24.4 Å². The van der Waals surface area contributed by atoms with E-state index >= 15 is 0 Å². The van der Waals surface area contributed by atoms with Crippen molar-refractivity contribution in [3.8, 4) is 0 Å². The molecule has 2 rings (SSSR count). The first kappa shape index (κ1) is 25.8. The molecule has 2 aliphatic rings. The SMILES string of the molecule is C=CCC/C=C\C=C/CCCCCCCCC1CCC(C2CC[C@@H](CC(=O)O)OO2)O1. The quantitative estimate of drug-likeness (QED) is 0.127. The van der Waals surface area contributed by atoms with E-state index in [0.29, 0.717) is 6.10 Å². The lowest BCUT2D eigenvalue weighted by atomic mass is 10.0. The van der Waals surface area contributed by atoms with E-state index < -0.39 is 5.97 Å². The molecule has 2 heterocycles. The molecule has 0 amide bonds. The van der Waals surface area contributed by atoms with Crippen LogP contribution in [-0.4, -0.2) is 35.5 Å². The molecule has 0 saturated carbocycles. The summed E-state index contributed by atoms with van der Waals surface area (Å²) in [7, 11) is 0. The van der Waals surface area contributed by atoms with Gasteiger partial charge in [0.2, 0.25) is 0 Å². The van der Waals surface area contributed by atoms with Gasteiger partial charge in [-0.3, -0.25) is 4.79 Å². The Bertz CT molecular complexity index is 548. The molecule has 1 N–H and O–H groups in total. The smallest absolute Gasteiger partial charge is 0.306 e. The van der Waals surface area contributed by atoms with Gasteiger partial charge in [-0.1, -0.05) is 62.5 Å². The zero-order valence-corrected chi connectivity index (χ0v) is 19.1. The molecular formula is C26H42O5. The number of allylic oxidation sites excluding steroid dienone is 5. The van der Waals surface area contributed by atoms with Crippen molar-refractivity contribution in [1.82, 2.24) is 0 Å². The van der Waals surface area contributed by atoms with E-state index in [1.165, 1.54) is 44.9 Å². The third kappa shape index (κ3) is 11.7. The summed E-state index contributed by atoms with van der Waals surface area (Å²) in [5.74, 6) is -0.844. The van der Waals surface area contributed by atoms with Crippen LogP contribution in [0.5, 0.6) is 0 Å². The first-order valence-electron chi connectivity index (χ1n) is 12.3. The lowest BCUT2D eigenvalue weighted by Gasteiger charge is -2.30. The zero-order chi connectivity index (χ0) is 22.2. The number of hydrogen-bond acceptors (Lipinski definition) is 4. The summed E-state index contributed by atoms with van der Waals surface area (Å²) in [4.78, 5) is 21.5. The molecule has 4 atom stereocenters. The molecule has 2 aliphatic heterocycles. The highest BCUT2D eigenvalue weighted by molar-refractivity contribution is 5.67. The molecular weight excluding hydrogens is 392 g/mol. The number of aliphatic carboxylic acids is 1. The lowest BCUT2D eigenvalue weighted by Crippen LogP contribution is -2.37. The van der Waals surface area contributed by atoms with Gasteiger partial charge in [0.25, 0.3) is 0 Å². The Morgan fingerprint density at radius 2 is 1.48 bits per heavy atom. The Balaban J connectivity index is 1.41. The molecule has 0 spiro atoms. The van der Waals surface area contributed by atoms with Gasteiger partial charge in [-0.2, -0.15) is 0 Å². The van der Waals surface area contributed by atoms with Crippen LogP contribution in [0, 0.1) is 0 Å². The molecule has 5 nitrogen and oxygen atoms in total. The van der Waals surface area contributed by atoms with E-state index in [9.17, 15) is 4.79 Å². The second-order valence-corrected chi connectivity index (χ2v) is 8.82. The number of ether oxygens (including phenoxy) is 1. The fourth-order valence-electron chi connectivity index (χ4n) is 4.30. The average Bonchev–Trinajstić information content (AvgIpc) is 3.23. The monoisotopic (exact) mass is 434 g/mol. The number of carboxylic acids is 1. The van der Waals surface area contributed by atoms with Crippen molar-refractivity contribution in [1.29, 1.82) is 0 Å². The van der Waals surface area contributed by atoms with Crippen molar-refractivity contribution in [2.45, 2.75) is 121 Å². The van der Waals surface area contributed by atoms with Gasteiger partial charge in [0.05, 0.1) is 18.6 Å². The Morgan fingerprint density at radius 1 is 0.806 bits per heavy atom. The Labute approximate surface area is 188 Å². The minimum Gasteiger partial charge on any atom is -0.481 e. The maximum absolute atomic E-state index is 10.8. The van der Waals surface area contributed by atoms with Gasteiger partial charge in [-0.15, -0.1) is 6.58 Å². The summed E-state index contributed by atoms with van der Waals surface area (Å²) in [6.45, 7) is 3.72. The van der Waals surface area contributed by atoms with Crippen molar-refractivity contribution >= 4 is 5.97 Å². The fraction of sp³-hybridized carbons (Fsp3) is 0.731.